The normalized spacial score (nSPS) is 17.5. The van der Waals surface area contributed by atoms with Crippen LogP contribution in [-0.2, 0) is 5.67 Å². The summed E-state index contributed by atoms with van der Waals surface area (Å²) in [5.74, 6) is 0. The minimum Gasteiger partial charge on any atom is -0.530 e. The van der Waals surface area contributed by atoms with E-state index in [0.717, 1.165) is 21.0 Å². The zero-order valence-electron chi connectivity index (χ0n) is 12.2. The van der Waals surface area contributed by atoms with Crippen molar-refractivity contribution in [2.24, 2.45) is 0 Å². The van der Waals surface area contributed by atoms with Crippen LogP contribution in [0.2, 0.25) is 0 Å². The lowest BCUT2D eigenvalue weighted by Gasteiger charge is -2.36. The fraction of sp³-hybridized carbons (Fsp3) is 0.375. The predicted molar refractivity (Wildman–Crippen MR) is 81.3 cm³/mol. The molecule has 116 valence electrons. The Labute approximate surface area is 132 Å². The lowest BCUT2D eigenvalue weighted by Crippen LogP contribution is -2.48. The van der Waals surface area contributed by atoms with Gasteiger partial charge in [0.25, 0.3) is 0 Å². The molecule has 0 saturated carbocycles. The second kappa shape index (κ2) is 5.68. The third-order valence-corrected chi connectivity index (χ3v) is 5.19. The fourth-order valence-electron chi connectivity index (χ4n) is 2.71. The molecule has 0 atom stereocenters. The number of thiazole rings is 1. The third kappa shape index (κ3) is 2.70. The number of rotatable bonds is 2. The van der Waals surface area contributed by atoms with Crippen LogP contribution in [-0.4, -0.2) is 29.1 Å². The first kappa shape index (κ1) is 15.0. The number of aryl methyl sites for hydroxylation is 1. The summed E-state index contributed by atoms with van der Waals surface area (Å²) >= 11 is 1.36. The van der Waals surface area contributed by atoms with Gasteiger partial charge in [-0.25, -0.2) is 9.37 Å². The molecule has 0 radical (unpaired) electrons. The molecule has 2 aromatic rings. The number of piperidine rings is 1. The van der Waals surface area contributed by atoms with E-state index in [0.29, 0.717) is 5.01 Å². The number of likely N-dealkylation sites (tertiary alicyclic amines) is 1. The van der Waals surface area contributed by atoms with Crippen LogP contribution in [0.3, 0.4) is 0 Å². The van der Waals surface area contributed by atoms with Gasteiger partial charge in [0.1, 0.15) is 11.1 Å². The molecule has 4 nitrogen and oxygen atoms in total. The largest absolute Gasteiger partial charge is 0.530 e. The zero-order valence-corrected chi connectivity index (χ0v) is 13.0. The molecule has 1 amide bonds. The summed E-state index contributed by atoms with van der Waals surface area (Å²) in [7, 11) is 0. The molecule has 1 aliphatic heterocycles. The van der Waals surface area contributed by atoms with E-state index in [9.17, 15) is 9.90 Å². The second-order valence-corrected chi connectivity index (χ2v) is 6.71. The topological polar surface area (TPSA) is 56.3 Å². The van der Waals surface area contributed by atoms with Crippen molar-refractivity contribution in [3.63, 3.8) is 0 Å². The molecule has 0 spiro atoms. The maximum absolute atomic E-state index is 15.2. The van der Waals surface area contributed by atoms with Gasteiger partial charge in [-0.05, 0) is 6.92 Å². The fourth-order valence-corrected chi connectivity index (χ4v) is 3.78. The number of benzene rings is 1. The number of halogens is 1. The van der Waals surface area contributed by atoms with Gasteiger partial charge in [-0.2, -0.15) is 0 Å². The number of hydrogen-bond donors (Lipinski definition) is 0. The maximum Gasteiger partial charge on any atom is 0.165 e. The lowest BCUT2D eigenvalue weighted by atomic mass is 9.94. The van der Waals surface area contributed by atoms with Crippen molar-refractivity contribution in [1.29, 1.82) is 0 Å². The Bertz CT molecular complexity index is 679. The molecule has 0 aliphatic carbocycles. The smallest absolute Gasteiger partial charge is 0.165 e. The van der Waals surface area contributed by atoms with Crippen LogP contribution in [0.15, 0.2) is 30.3 Å². The summed E-state index contributed by atoms with van der Waals surface area (Å²) in [6, 6.07) is 9.69. The quantitative estimate of drug-likeness (QED) is 0.855. The number of carboxylic acid groups (broad SMARTS) is 1. The number of carbonyl (C=O) groups is 1. The Morgan fingerprint density at radius 3 is 2.55 bits per heavy atom. The Morgan fingerprint density at radius 2 is 1.95 bits per heavy atom. The average molecular weight is 319 g/mol. The van der Waals surface area contributed by atoms with Crippen LogP contribution < -0.4 is 5.11 Å². The molecule has 0 bridgehead atoms. The number of nitrogens with zero attached hydrogens (tertiary/aromatic N) is 2. The molecule has 22 heavy (non-hydrogen) atoms. The van der Waals surface area contributed by atoms with Crippen molar-refractivity contribution in [3.8, 4) is 11.3 Å². The van der Waals surface area contributed by atoms with E-state index in [1.807, 2.05) is 37.3 Å². The van der Waals surface area contributed by atoms with Gasteiger partial charge in [-0.1, -0.05) is 30.3 Å². The van der Waals surface area contributed by atoms with Crippen molar-refractivity contribution >= 4 is 17.4 Å². The van der Waals surface area contributed by atoms with Gasteiger partial charge in [-0.15, -0.1) is 11.3 Å². The summed E-state index contributed by atoms with van der Waals surface area (Å²) in [5.41, 5.74) is 0.229. The summed E-state index contributed by atoms with van der Waals surface area (Å²) in [4.78, 5) is 17.5. The van der Waals surface area contributed by atoms with E-state index in [2.05, 4.69) is 4.98 Å². The maximum atomic E-state index is 15.2. The van der Waals surface area contributed by atoms with Crippen molar-refractivity contribution in [1.82, 2.24) is 9.88 Å². The summed E-state index contributed by atoms with van der Waals surface area (Å²) in [6.45, 7) is 2.24. The van der Waals surface area contributed by atoms with Crippen molar-refractivity contribution in [3.05, 3.63) is 40.2 Å². The number of hydrogen-bond acceptors (Lipinski definition) is 4. The van der Waals surface area contributed by atoms with E-state index >= 15 is 4.39 Å². The Kier molecular flexibility index (Phi) is 3.87. The summed E-state index contributed by atoms with van der Waals surface area (Å²) < 4.78 is 15.2. The van der Waals surface area contributed by atoms with Gasteiger partial charge >= 0.3 is 0 Å². The highest BCUT2D eigenvalue weighted by Crippen LogP contribution is 2.41. The molecule has 2 heterocycles. The van der Waals surface area contributed by atoms with E-state index < -0.39 is 11.8 Å². The summed E-state index contributed by atoms with van der Waals surface area (Å²) in [6.07, 6.45) is -0.980. The molecular weight excluding hydrogens is 303 g/mol. The van der Waals surface area contributed by atoms with Gasteiger partial charge in [0.15, 0.2) is 5.67 Å². The second-order valence-electron chi connectivity index (χ2n) is 5.51. The summed E-state index contributed by atoms with van der Waals surface area (Å²) in [5, 5.41) is 11.3. The Hall–Kier alpha value is -1.95. The zero-order chi connectivity index (χ0) is 15.7. The van der Waals surface area contributed by atoms with Gasteiger partial charge < -0.3 is 14.8 Å². The van der Waals surface area contributed by atoms with Crippen LogP contribution >= 0.6 is 11.3 Å². The molecule has 1 fully saturated rings. The minimum absolute atomic E-state index is 0.127. The first-order chi connectivity index (χ1) is 10.5. The van der Waals surface area contributed by atoms with Crippen LogP contribution in [0.5, 0.6) is 0 Å². The van der Waals surface area contributed by atoms with Crippen LogP contribution in [0.4, 0.5) is 9.18 Å². The Balaban J connectivity index is 1.86. The van der Waals surface area contributed by atoms with E-state index in [4.69, 9.17) is 0 Å². The van der Waals surface area contributed by atoms with Gasteiger partial charge in [0.05, 0.1) is 5.69 Å². The van der Waals surface area contributed by atoms with Crippen molar-refractivity contribution in [2.75, 3.05) is 13.1 Å². The van der Waals surface area contributed by atoms with Crippen LogP contribution in [0.25, 0.3) is 11.3 Å². The first-order valence-corrected chi connectivity index (χ1v) is 7.99. The van der Waals surface area contributed by atoms with E-state index in [1.165, 1.54) is 11.3 Å². The van der Waals surface area contributed by atoms with Crippen molar-refractivity contribution in [2.45, 2.75) is 25.4 Å². The first-order valence-electron chi connectivity index (χ1n) is 7.18. The van der Waals surface area contributed by atoms with Gasteiger partial charge in [-0.3, -0.25) is 0 Å². The number of amides is 1. The molecule has 0 N–H and O–H groups in total. The van der Waals surface area contributed by atoms with E-state index in [1.54, 1.807) is 0 Å². The average Bonchev–Trinajstić information content (AvgIpc) is 2.91. The highest BCUT2D eigenvalue weighted by atomic mass is 32.1. The lowest BCUT2D eigenvalue weighted by molar-refractivity contribution is -0.267. The number of carbonyl (C=O) groups excluding carboxylic acids is 1. The molecule has 3 rings (SSSR count). The van der Waals surface area contributed by atoms with Gasteiger partial charge in [0, 0.05) is 36.4 Å². The molecule has 6 heteroatoms. The van der Waals surface area contributed by atoms with Gasteiger partial charge in [0.2, 0.25) is 0 Å². The SMILES string of the molecule is Cc1sc(C2(F)CCN(C(=O)[O-])CC2)nc1-c1ccccc1. The molecule has 0 unspecified atom stereocenters. The van der Waals surface area contributed by atoms with E-state index in [-0.39, 0.29) is 25.9 Å². The molecule has 1 aromatic carbocycles. The predicted octanol–water partition coefficient (Wildman–Crippen LogP) is 2.72. The monoisotopic (exact) mass is 319 g/mol. The van der Waals surface area contributed by atoms with Crippen LogP contribution in [0.1, 0.15) is 22.7 Å². The molecule has 1 saturated heterocycles. The minimum atomic E-state index is -1.55. The Morgan fingerprint density at radius 1 is 1.32 bits per heavy atom. The van der Waals surface area contributed by atoms with Crippen molar-refractivity contribution < 1.29 is 14.3 Å². The number of alkyl halides is 1. The molecule has 1 aliphatic rings. The third-order valence-electron chi connectivity index (χ3n) is 4.04. The molecule has 1 aromatic heterocycles. The standard InChI is InChI=1S/C16H17FN2O2S/c1-11-13(12-5-3-2-4-6-12)18-14(22-11)16(17)7-9-19(10-8-16)15(20)21/h2-6H,7-10H2,1H3,(H,20,21)/p-1. The van der Waals surface area contributed by atoms with Crippen LogP contribution in [0, 0.1) is 6.92 Å². The highest BCUT2D eigenvalue weighted by molar-refractivity contribution is 7.12. The highest BCUT2D eigenvalue weighted by Gasteiger charge is 2.39. The molecular formula is C16H16FN2O2S-. The number of aromatic nitrogens is 1.